The second-order valence-corrected chi connectivity index (χ2v) is 8.11. The summed E-state index contributed by atoms with van der Waals surface area (Å²) in [6.07, 6.45) is 5.59. The van der Waals surface area contributed by atoms with Crippen LogP contribution in [0.4, 0.5) is 0 Å². The van der Waals surface area contributed by atoms with E-state index in [1.807, 2.05) is 12.3 Å². The number of thiazole rings is 1. The van der Waals surface area contributed by atoms with Gasteiger partial charge in [-0.1, -0.05) is 19.3 Å². The molecule has 7 heteroatoms. The van der Waals surface area contributed by atoms with Crippen LogP contribution < -0.4 is 4.74 Å². The Balaban J connectivity index is 1.45. The first-order chi connectivity index (χ1) is 13.5. The first-order valence-electron chi connectivity index (χ1n) is 9.59. The lowest BCUT2D eigenvalue weighted by Gasteiger charge is -2.31. The Morgan fingerprint density at radius 1 is 1.18 bits per heavy atom. The summed E-state index contributed by atoms with van der Waals surface area (Å²) in [7, 11) is 1.79. The van der Waals surface area contributed by atoms with E-state index in [0.29, 0.717) is 17.9 Å². The van der Waals surface area contributed by atoms with Gasteiger partial charge in [-0.3, -0.25) is 4.79 Å². The fourth-order valence-corrected chi connectivity index (χ4v) is 3.90. The topological polar surface area (TPSA) is 68.7 Å². The van der Waals surface area contributed by atoms with Gasteiger partial charge < -0.3 is 14.4 Å². The Hall–Kier alpha value is -2.41. The van der Waals surface area contributed by atoms with Gasteiger partial charge >= 0.3 is 5.97 Å². The highest BCUT2D eigenvalue weighted by molar-refractivity contribution is 7.09. The highest BCUT2D eigenvalue weighted by atomic mass is 32.1. The number of esters is 1. The normalized spacial score (nSPS) is 14.5. The number of likely N-dealkylation sites (N-methyl/N-ethyl adjacent to an activating group) is 1. The molecule has 1 amide bonds. The standard InChI is InChI=1S/C21H26N2O4S/c1-15-22-17(14-28-15)12-26-19-10-8-16(9-11-19)21(25)27-13-20(24)23(2)18-6-4-3-5-7-18/h8-11,14,18H,3-7,12-13H2,1-2H3. The van der Waals surface area contributed by atoms with Crippen LogP contribution in [-0.2, 0) is 16.1 Å². The van der Waals surface area contributed by atoms with Gasteiger partial charge in [0.2, 0.25) is 0 Å². The van der Waals surface area contributed by atoms with Crippen molar-refractivity contribution in [3.63, 3.8) is 0 Å². The van der Waals surface area contributed by atoms with Gasteiger partial charge in [-0.2, -0.15) is 0 Å². The number of nitrogens with zero attached hydrogens (tertiary/aromatic N) is 2. The average Bonchev–Trinajstić information content (AvgIpc) is 3.16. The molecule has 1 aliphatic rings. The molecule has 28 heavy (non-hydrogen) atoms. The van der Waals surface area contributed by atoms with Gasteiger partial charge in [-0.25, -0.2) is 9.78 Å². The molecule has 0 saturated heterocycles. The molecule has 1 aromatic heterocycles. The van der Waals surface area contributed by atoms with Crippen LogP contribution in [-0.4, -0.2) is 41.5 Å². The Labute approximate surface area is 169 Å². The molecule has 1 saturated carbocycles. The lowest BCUT2D eigenvalue weighted by Crippen LogP contribution is -2.40. The van der Waals surface area contributed by atoms with E-state index >= 15 is 0 Å². The van der Waals surface area contributed by atoms with Crippen LogP contribution in [0.25, 0.3) is 0 Å². The first-order valence-corrected chi connectivity index (χ1v) is 10.5. The fourth-order valence-electron chi connectivity index (χ4n) is 3.30. The van der Waals surface area contributed by atoms with Crippen LogP contribution in [0.1, 0.15) is 53.2 Å². The van der Waals surface area contributed by atoms with Gasteiger partial charge in [0.25, 0.3) is 5.91 Å². The first kappa shape index (κ1) is 20.3. The Bertz CT molecular complexity index is 797. The van der Waals surface area contributed by atoms with Crippen molar-refractivity contribution in [1.82, 2.24) is 9.88 Å². The number of carbonyl (C=O) groups is 2. The van der Waals surface area contributed by atoms with Gasteiger partial charge in [0.05, 0.1) is 16.3 Å². The Kier molecular flexibility index (Phi) is 7.03. The highest BCUT2D eigenvalue weighted by Gasteiger charge is 2.23. The number of hydrogen-bond acceptors (Lipinski definition) is 6. The summed E-state index contributed by atoms with van der Waals surface area (Å²) in [5.41, 5.74) is 1.27. The molecular formula is C21H26N2O4S. The van der Waals surface area contributed by atoms with E-state index in [1.165, 1.54) is 6.42 Å². The van der Waals surface area contributed by atoms with Gasteiger partial charge in [-0.15, -0.1) is 11.3 Å². The SMILES string of the molecule is Cc1nc(COc2ccc(C(=O)OCC(=O)N(C)C3CCCCC3)cc2)cs1. The van der Waals surface area contributed by atoms with Crippen molar-refractivity contribution < 1.29 is 19.1 Å². The molecule has 0 aliphatic heterocycles. The van der Waals surface area contributed by atoms with Crippen LogP contribution in [0.15, 0.2) is 29.6 Å². The summed E-state index contributed by atoms with van der Waals surface area (Å²) < 4.78 is 10.9. The Morgan fingerprint density at radius 2 is 1.89 bits per heavy atom. The third kappa shape index (κ3) is 5.55. The molecule has 1 heterocycles. The predicted molar refractivity (Wildman–Crippen MR) is 108 cm³/mol. The second-order valence-electron chi connectivity index (χ2n) is 7.04. The molecule has 0 radical (unpaired) electrons. The van der Waals surface area contributed by atoms with Gasteiger partial charge in [-0.05, 0) is 44.0 Å². The third-order valence-electron chi connectivity index (χ3n) is 4.99. The third-order valence-corrected chi connectivity index (χ3v) is 5.81. The van der Waals surface area contributed by atoms with Crippen molar-refractivity contribution >= 4 is 23.2 Å². The molecule has 150 valence electrons. The summed E-state index contributed by atoms with van der Waals surface area (Å²) in [5, 5.41) is 2.96. The summed E-state index contributed by atoms with van der Waals surface area (Å²) in [6.45, 7) is 2.11. The highest BCUT2D eigenvalue weighted by Crippen LogP contribution is 2.22. The van der Waals surface area contributed by atoms with Crippen LogP contribution in [0.2, 0.25) is 0 Å². The monoisotopic (exact) mass is 402 g/mol. The smallest absolute Gasteiger partial charge is 0.338 e. The lowest BCUT2D eigenvalue weighted by atomic mass is 9.94. The maximum Gasteiger partial charge on any atom is 0.338 e. The van der Waals surface area contributed by atoms with Crippen molar-refractivity contribution in [1.29, 1.82) is 0 Å². The predicted octanol–water partition coefficient (Wildman–Crippen LogP) is 3.98. The van der Waals surface area contributed by atoms with E-state index in [9.17, 15) is 9.59 Å². The van der Waals surface area contributed by atoms with E-state index in [0.717, 1.165) is 36.4 Å². The average molecular weight is 403 g/mol. The minimum Gasteiger partial charge on any atom is -0.487 e. The van der Waals surface area contributed by atoms with Gasteiger partial charge in [0.15, 0.2) is 6.61 Å². The van der Waals surface area contributed by atoms with E-state index in [4.69, 9.17) is 9.47 Å². The van der Waals surface area contributed by atoms with E-state index in [2.05, 4.69) is 4.98 Å². The fraction of sp³-hybridized carbons (Fsp3) is 0.476. The van der Waals surface area contributed by atoms with Gasteiger partial charge in [0.1, 0.15) is 12.4 Å². The number of ether oxygens (including phenoxy) is 2. The zero-order valence-electron chi connectivity index (χ0n) is 16.3. The number of benzene rings is 1. The van der Waals surface area contributed by atoms with Crippen LogP contribution in [0.5, 0.6) is 5.75 Å². The number of amides is 1. The minimum atomic E-state index is -0.507. The van der Waals surface area contributed by atoms with E-state index < -0.39 is 5.97 Å². The zero-order valence-corrected chi connectivity index (χ0v) is 17.2. The van der Waals surface area contributed by atoms with Crippen molar-refractivity contribution in [3.05, 3.63) is 45.9 Å². The second kappa shape index (κ2) is 9.68. The van der Waals surface area contributed by atoms with E-state index in [1.54, 1.807) is 47.5 Å². The van der Waals surface area contributed by atoms with Crippen LogP contribution in [0.3, 0.4) is 0 Å². The van der Waals surface area contributed by atoms with Crippen LogP contribution in [0, 0.1) is 6.92 Å². The number of aryl methyl sites for hydroxylation is 1. The molecule has 1 aromatic carbocycles. The molecule has 0 atom stereocenters. The van der Waals surface area contributed by atoms with Crippen molar-refractivity contribution in [2.75, 3.05) is 13.7 Å². The molecule has 0 bridgehead atoms. The number of aromatic nitrogens is 1. The molecule has 2 aromatic rings. The maximum atomic E-state index is 12.3. The largest absolute Gasteiger partial charge is 0.487 e. The number of rotatable bonds is 7. The van der Waals surface area contributed by atoms with Crippen molar-refractivity contribution in [2.45, 2.75) is 51.7 Å². The summed E-state index contributed by atoms with van der Waals surface area (Å²) in [6, 6.07) is 6.97. The van der Waals surface area contributed by atoms with E-state index in [-0.39, 0.29) is 18.6 Å². The number of hydrogen-bond donors (Lipinski definition) is 0. The van der Waals surface area contributed by atoms with Crippen molar-refractivity contribution in [2.24, 2.45) is 0 Å². The summed E-state index contributed by atoms with van der Waals surface area (Å²) >= 11 is 1.58. The summed E-state index contributed by atoms with van der Waals surface area (Å²) in [5.74, 6) is -0.0128. The molecule has 1 aliphatic carbocycles. The molecule has 0 unspecified atom stereocenters. The molecule has 6 nitrogen and oxygen atoms in total. The molecular weight excluding hydrogens is 376 g/mol. The molecule has 3 rings (SSSR count). The zero-order chi connectivity index (χ0) is 19.9. The Morgan fingerprint density at radius 3 is 2.54 bits per heavy atom. The van der Waals surface area contributed by atoms with Gasteiger partial charge in [0, 0.05) is 18.5 Å². The maximum absolute atomic E-state index is 12.3. The summed E-state index contributed by atoms with van der Waals surface area (Å²) in [4.78, 5) is 30.5. The van der Waals surface area contributed by atoms with Crippen molar-refractivity contribution in [3.8, 4) is 5.75 Å². The molecule has 0 N–H and O–H groups in total. The minimum absolute atomic E-state index is 0.154. The molecule has 0 spiro atoms. The quantitative estimate of drug-likeness (QED) is 0.655. The number of carbonyl (C=O) groups excluding carboxylic acids is 2. The lowest BCUT2D eigenvalue weighted by molar-refractivity contribution is -0.135. The van der Waals surface area contributed by atoms with Crippen LogP contribution >= 0.6 is 11.3 Å². The molecule has 1 fully saturated rings.